The van der Waals surface area contributed by atoms with Gasteiger partial charge in [0.15, 0.2) is 6.29 Å². The molecule has 0 aromatic heterocycles. The summed E-state index contributed by atoms with van der Waals surface area (Å²) in [4.78, 5) is 12.5. The van der Waals surface area contributed by atoms with Gasteiger partial charge in [0, 0.05) is 20.3 Å². The van der Waals surface area contributed by atoms with Crippen LogP contribution in [0, 0.1) is 0 Å². The standard InChI is InChI=1S/C9H18N2O3/c1-5-7(2)11(9(10)12)6-8(13-3)14-4/h5,7-8H,1,6H2,2-4H3,(H2,10,12). The molecule has 2 N–H and O–H groups in total. The highest BCUT2D eigenvalue weighted by atomic mass is 16.7. The van der Waals surface area contributed by atoms with Gasteiger partial charge in [0.1, 0.15) is 0 Å². The van der Waals surface area contributed by atoms with Crippen molar-refractivity contribution >= 4 is 6.03 Å². The van der Waals surface area contributed by atoms with Gasteiger partial charge >= 0.3 is 6.03 Å². The van der Waals surface area contributed by atoms with Crippen molar-refractivity contribution in [2.24, 2.45) is 5.73 Å². The molecule has 5 nitrogen and oxygen atoms in total. The second kappa shape index (κ2) is 6.39. The minimum absolute atomic E-state index is 0.139. The van der Waals surface area contributed by atoms with Gasteiger partial charge in [-0.15, -0.1) is 6.58 Å². The normalized spacial score (nSPS) is 12.6. The molecule has 0 aliphatic carbocycles. The van der Waals surface area contributed by atoms with E-state index in [9.17, 15) is 4.79 Å². The molecule has 14 heavy (non-hydrogen) atoms. The molecule has 0 heterocycles. The molecule has 0 fully saturated rings. The van der Waals surface area contributed by atoms with Crippen molar-refractivity contribution < 1.29 is 14.3 Å². The van der Waals surface area contributed by atoms with Crippen LogP contribution in [0.3, 0.4) is 0 Å². The van der Waals surface area contributed by atoms with Crippen LogP contribution in [0.2, 0.25) is 0 Å². The first-order valence-electron chi connectivity index (χ1n) is 4.31. The van der Waals surface area contributed by atoms with Crippen molar-refractivity contribution in [3.8, 4) is 0 Å². The molecule has 0 saturated heterocycles. The Morgan fingerprint density at radius 2 is 2.07 bits per heavy atom. The van der Waals surface area contributed by atoms with E-state index in [0.29, 0.717) is 0 Å². The number of hydrogen-bond acceptors (Lipinski definition) is 3. The zero-order chi connectivity index (χ0) is 11.1. The van der Waals surface area contributed by atoms with E-state index in [1.807, 2.05) is 6.92 Å². The Hall–Kier alpha value is -1.07. The van der Waals surface area contributed by atoms with Crippen LogP contribution in [0.25, 0.3) is 0 Å². The van der Waals surface area contributed by atoms with Crippen molar-refractivity contribution in [1.82, 2.24) is 4.90 Å². The zero-order valence-electron chi connectivity index (χ0n) is 8.90. The number of amides is 2. The molecule has 0 radical (unpaired) electrons. The first-order valence-corrected chi connectivity index (χ1v) is 4.31. The molecular formula is C9H18N2O3. The van der Waals surface area contributed by atoms with Gasteiger partial charge in [-0.1, -0.05) is 6.08 Å². The fraction of sp³-hybridized carbons (Fsp3) is 0.667. The van der Waals surface area contributed by atoms with E-state index in [-0.39, 0.29) is 12.6 Å². The lowest BCUT2D eigenvalue weighted by atomic mass is 10.3. The molecule has 82 valence electrons. The van der Waals surface area contributed by atoms with Gasteiger partial charge in [-0.2, -0.15) is 0 Å². The molecule has 1 atom stereocenters. The Bertz CT molecular complexity index is 192. The van der Waals surface area contributed by atoms with Gasteiger partial charge in [-0.3, -0.25) is 0 Å². The van der Waals surface area contributed by atoms with Crippen LogP contribution in [-0.4, -0.2) is 44.0 Å². The maximum Gasteiger partial charge on any atom is 0.315 e. The van der Waals surface area contributed by atoms with Crippen LogP contribution >= 0.6 is 0 Å². The van der Waals surface area contributed by atoms with E-state index in [4.69, 9.17) is 15.2 Å². The summed E-state index contributed by atoms with van der Waals surface area (Å²) in [5, 5.41) is 0. The van der Waals surface area contributed by atoms with E-state index in [2.05, 4.69) is 6.58 Å². The predicted octanol–water partition coefficient (Wildman–Crippen LogP) is 0.561. The van der Waals surface area contributed by atoms with Crippen LogP contribution in [0.1, 0.15) is 6.92 Å². The lowest BCUT2D eigenvalue weighted by Crippen LogP contribution is -2.46. The lowest BCUT2D eigenvalue weighted by Gasteiger charge is -2.28. The van der Waals surface area contributed by atoms with Gasteiger partial charge < -0.3 is 20.1 Å². The summed E-state index contributed by atoms with van der Waals surface area (Å²) in [5.41, 5.74) is 5.20. The molecule has 0 rings (SSSR count). The van der Waals surface area contributed by atoms with E-state index in [1.165, 1.54) is 19.1 Å². The Balaban J connectivity index is 4.35. The maximum atomic E-state index is 11.1. The van der Waals surface area contributed by atoms with Gasteiger partial charge in [0.25, 0.3) is 0 Å². The van der Waals surface area contributed by atoms with Gasteiger partial charge in [0.05, 0.1) is 6.54 Å². The predicted molar refractivity (Wildman–Crippen MR) is 53.8 cm³/mol. The van der Waals surface area contributed by atoms with Gasteiger partial charge in [0.2, 0.25) is 0 Å². The Kier molecular flexibility index (Phi) is 5.91. The molecule has 0 aliphatic rings. The summed E-state index contributed by atoms with van der Waals surface area (Å²) in [5.74, 6) is 0. The first-order chi connectivity index (χ1) is 6.56. The first kappa shape index (κ1) is 12.9. The molecule has 0 aromatic rings. The van der Waals surface area contributed by atoms with Crippen molar-refractivity contribution in [3.63, 3.8) is 0 Å². The smallest absolute Gasteiger partial charge is 0.315 e. The number of rotatable bonds is 6. The average molecular weight is 202 g/mol. The van der Waals surface area contributed by atoms with E-state index >= 15 is 0 Å². The number of carbonyl (C=O) groups excluding carboxylic acids is 1. The summed E-state index contributed by atoms with van der Waals surface area (Å²) in [7, 11) is 3.01. The highest BCUT2D eigenvalue weighted by molar-refractivity contribution is 5.72. The highest BCUT2D eigenvalue weighted by Crippen LogP contribution is 2.03. The molecule has 5 heteroatoms. The summed E-state index contributed by atoms with van der Waals surface area (Å²) in [6.45, 7) is 5.70. The minimum atomic E-state index is -0.517. The lowest BCUT2D eigenvalue weighted by molar-refractivity contribution is -0.112. The number of nitrogens with zero attached hydrogens (tertiary/aromatic N) is 1. The monoisotopic (exact) mass is 202 g/mol. The van der Waals surface area contributed by atoms with E-state index in [1.54, 1.807) is 6.08 Å². The Morgan fingerprint density at radius 1 is 1.57 bits per heavy atom. The van der Waals surface area contributed by atoms with Crippen LogP contribution < -0.4 is 5.73 Å². The Labute approximate surface area is 84.5 Å². The van der Waals surface area contributed by atoms with Crippen molar-refractivity contribution in [1.29, 1.82) is 0 Å². The van der Waals surface area contributed by atoms with Gasteiger partial charge in [-0.05, 0) is 6.92 Å². The summed E-state index contributed by atoms with van der Waals surface area (Å²) < 4.78 is 9.94. The molecule has 1 unspecified atom stereocenters. The zero-order valence-corrected chi connectivity index (χ0v) is 8.90. The third-order valence-electron chi connectivity index (χ3n) is 1.99. The fourth-order valence-corrected chi connectivity index (χ4v) is 0.990. The second-order valence-corrected chi connectivity index (χ2v) is 2.87. The minimum Gasteiger partial charge on any atom is -0.354 e. The molecule has 0 saturated carbocycles. The molecule has 0 aromatic carbocycles. The van der Waals surface area contributed by atoms with Crippen molar-refractivity contribution in [2.75, 3.05) is 20.8 Å². The van der Waals surface area contributed by atoms with Crippen molar-refractivity contribution in [3.05, 3.63) is 12.7 Å². The number of urea groups is 1. The third-order valence-corrected chi connectivity index (χ3v) is 1.99. The summed E-state index contributed by atoms with van der Waals surface area (Å²) >= 11 is 0. The quantitative estimate of drug-likeness (QED) is 0.505. The molecule has 0 spiro atoms. The van der Waals surface area contributed by atoms with E-state index in [0.717, 1.165) is 0 Å². The number of nitrogens with two attached hydrogens (primary N) is 1. The molecular weight excluding hydrogens is 184 g/mol. The number of ether oxygens (including phenoxy) is 2. The summed E-state index contributed by atoms with van der Waals surface area (Å²) in [6.07, 6.45) is 1.16. The number of carbonyl (C=O) groups is 1. The number of hydrogen-bond donors (Lipinski definition) is 1. The highest BCUT2D eigenvalue weighted by Gasteiger charge is 2.19. The van der Waals surface area contributed by atoms with Gasteiger partial charge in [-0.25, -0.2) is 4.79 Å². The van der Waals surface area contributed by atoms with Crippen molar-refractivity contribution in [2.45, 2.75) is 19.3 Å². The fourth-order valence-electron chi connectivity index (χ4n) is 0.990. The average Bonchev–Trinajstić information content (AvgIpc) is 2.18. The van der Waals surface area contributed by atoms with Crippen LogP contribution in [0.5, 0.6) is 0 Å². The maximum absolute atomic E-state index is 11.1. The topological polar surface area (TPSA) is 64.8 Å². The number of methoxy groups -OCH3 is 2. The third kappa shape index (κ3) is 3.76. The molecule has 2 amide bonds. The SMILES string of the molecule is C=CC(C)N(CC(OC)OC)C(N)=O. The Morgan fingerprint density at radius 3 is 2.36 bits per heavy atom. The van der Waals surface area contributed by atoms with Crippen LogP contribution in [-0.2, 0) is 9.47 Å². The second-order valence-electron chi connectivity index (χ2n) is 2.87. The van der Waals surface area contributed by atoms with Crippen LogP contribution in [0.15, 0.2) is 12.7 Å². The molecule has 0 bridgehead atoms. The number of primary amides is 1. The summed E-state index contributed by atoms with van der Waals surface area (Å²) in [6, 6.07) is -0.656. The van der Waals surface area contributed by atoms with Crippen LogP contribution in [0.4, 0.5) is 4.79 Å². The van der Waals surface area contributed by atoms with E-state index < -0.39 is 12.3 Å². The molecule has 0 aliphatic heterocycles. The largest absolute Gasteiger partial charge is 0.354 e.